The minimum Gasteiger partial charge on any atom is -0.340 e. The van der Waals surface area contributed by atoms with Crippen LogP contribution in [-0.4, -0.2) is 27.4 Å². The molecule has 7 nitrogen and oxygen atoms in total. The fourth-order valence-corrected chi connectivity index (χ4v) is 3.02. The monoisotopic (exact) mass is 389 g/mol. The molecular formula is C22H23N5O2. The molecule has 29 heavy (non-hydrogen) atoms. The largest absolute Gasteiger partial charge is 0.340 e. The standard InChI is InChI=1S/C22H23N5O2/c1-13(2)19(25-20(28)16-8-5-14(3)6-9-16)21(29)26-22-24-17-10-7-15(12-23)11-18(17)27(22)4/h5-11,13,19H,1-4H3,(H,25,28)(H,24,26,29)/t19-/m1/s1. The molecule has 0 unspecified atom stereocenters. The highest BCUT2D eigenvalue weighted by molar-refractivity contribution is 6.01. The van der Waals surface area contributed by atoms with Crippen molar-refractivity contribution in [3.8, 4) is 6.07 Å². The zero-order valence-electron chi connectivity index (χ0n) is 16.9. The van der Waals surface area contributed by atoms with Crippen LogP contribution in [0.1, 0.15) is 35.3 Å². The normalized spacial score (nSPS) is 11.9. The van der Waals surface area contributed by atoms with Gasteiger partial charge in [-0.1, -0.05) is 31.5 Å². The number of carbonyl (C=O) groups excluding carboxylic acids is 2. The first-order valence-corrected chi connectivity index (χ1v) is 9.35. The molecule has 3 rings (SSSR count). The highest BCUT2D eigenvalue weighted by Crippen LogP contribution is 2.20. The molecule has 3 aromatic rings. The van der Waals surface area contributed by atoms with Crippen molar-refractivity contribution in [2.45, 2.75) is 26.8 Å². The van der Waals surface area contributed by atoms with Crippen LogP contribution in [0.5, 0.6) is 0 Å². The van der Waals surface area contributed by atoms with Crippen LogP contribution in [0.4, 0.5) is 5.95 Å². The van der Waals surface area contributed by atoms with Crippen LogP contribution < -0.4 is 10.6 Å². The van der Waals surface area contributed by atoms with E-state index in [0.29, 0.717) is 22.6 Å². The van der Waals surface area contributed by atoms with Gasteiger partial charge in [0, 0.05) is 12.6 Å². The van der Waals surface area contributed by atoms with Gasteiger partial charge in [0.1, 0.15) is 6.04 Å². The van der Waals surface area contributed by atoms with Crippen molar-refractivity contribution in [2.75, 3.05) is 5.32 Å². The van der Waals surface area contributed by atoms with Gasteiger partial charge in [0.15, 0.2) is 0 Å². The Balaban J connectivity index is 1.80. The van der Waals surface area contributed by atoms with Gasteiger partial charge in [-0.25, -0.2) is 4.98 Å². The SMILES string of the molecule is Cc1ccc(C(=O)N[C@@H](C(=O)Nc2nc3ccc(C#N)cc3n2C)C(C)C)cc1. The molecule has 0 aliphatic carbocycles. The second-order valence-electron chi connectivity index (χ2n) is 7.36. The Morgan fingerprint density at radius 2 is 1.83 bits per heavy atom. The van der Waals surface area contributed by atoms with Gasteiger partial charge in [-0.15, -0.1) is 0 Å². The van der Waals surface area contributed by atoms with Crippen molar-refractivity contribution >= 4 is 28.8 Å². The average Bonchev–Trinajstić information content (AvgIpc) is 3.00. The summed E-state index contributed by atoms with van der Waals surface area (Å²) in [7, 11) is 1.77. The van der Waals surface area contributed by atoms with Crippen LogP contribution in [0.15, 0.2) is 42.5 Å². The Labute approximate surface area is 169 Å². The molecule has 0 spiro atoms. The lowest BCUT2D eigenvalue weighted by Crippen LogP contribution is -2.47. The molecule has 2 aromatic carbocycles. The lowest BCUT2D eigenvalue weighted by molar-refractivity contribution is -0.118. The van der Waals surface area contributed by atoms with E-state index in [2.05, 4.69) is 21.7 Å². The Hall–Kier alpha value is -3.66. The Bertz CT molecular complexity index is 1110. The quantitative estimate of drug-likeness (QED) is 0.700. The van der Waals surface area contributed by atoms with E-state index in [1.165, 1.54) is 0 Å². The third-order valence-corrected chi connectivity index (χ3v) is 4.79. The molecule has 7 heteroatoms. The maximum atomic E-state index is 12.9. The van der Waals surface area contributed by atoms with E-state index in [0.717, 1.165) is 11.1 Å². The number of carbonyl (C=O) groups is 2. The van der Waals surface area contributed by atoms with Gasteiger partial charge < -0.3 is 9.88 Å². The number of hydrogen-bond donors (Lipinski definition) is 2. The number of fused-ring (bicyclic) bond motifs is 1. The molecule has 0 bridgehead atoms. The van der Waals surface area contributed by atoms with Crippen molar-refractivity contribution in [1.82, 2.24) is 14.9 Å². The first-order valence-electron chi connectivity index (χ1n) is 9.35. The second kappa shape index (κ2) is 8.15. The smallest absolute Gasteiger partial charge is 0.251 e. The zero-order chi connectivity index (χ0) is 21.1. The predicted molar refractivity (Wildman–Crippen MR) is 111 cm³/mol. The van der Waals surface area contributed by atoms with E-state index in [1.807, 2.05) is 32.9 Å². The predicted octanol–water partition coefficient (Wildman–Crippen LogP) is 3.15. The Morgan fingerprint density at radius 3 is 2.45 bits per heavy atom. The number of rotatable bonds is 5. The van der Waals surface area contributed by atoms with Crippen LogP contribution >= 0.6 is 0 Å². The van der Waals surface area contributed by atoms with Gasteiger partial charge in [0.25, 0.3) is 5.91 Å². The van der Waals surface area contributed by atoms with E-state index < -0.39 is 6.04 Å². The molecule has 0 saturated carbocycles. The lowest BCUT2D eigenvalue weighted by atomic mass is 10.0. The van der Waals surface area contributed by atoms with Crippen LogP contribution in [0.25, 0.3) is 11.0 Å². The van der Waals surface area contributed by atoms with Gasteiger partial charge in [-0.05, 0) is 43.2 Å². The van der Waals surface area contributed by atoms with Gasteiger partial charge in [-0.2, -0.15) is 5.26 Å². The summed E-state index contributed by atoms with van der Waals surface area (Å²) in [6.07, 6.45) is 0. The minimum absolute atomic E-state index is 0.121. The molecule has 1 aromatic heterocycles. The minimum atomic E-state index is -0.724. The van der Waals surface area contributed by atoms with E-state index in [-0.39, 0.29) is 17.7 Å². The van der Waals surface area contributed by atoms with E-state index >= 15 is 0 Å². The topological polar surface area (TPSA) is 99.8 Å². The molecule has 0 aliphatic rings. The maximum absolute atomic E-state index is 12.9. The number of hydrogen-bond acceptors (Lipinski definition) is 4. The highest BCUT2D eigenvalue weighted by atomic mass is 16.2. The number of benzene rings is 2. The fourth-order valence-electron chi connectivity index (χ4n) is 3.02. The number of aromatic nitrogens is 2. The summed E-state index contributed by atoms with van der Waals surface area (Å²) in [5.41, 5.74) is 3.49. The number of nitrogens with zero attached hydrogens (tertiary/aromatic N) is 3. The van der Waals surface area contributed by atoms with Crippen molar-refractivity contribution in [1.29, 1.82) is 5.26 Å². The molecule has 148 valence electrons. The van der Waals surface area contributed by atoms with Crippen LogP contribution in [0.3, 0.4) is 0 Å². The van der Waals surface area contributed by atoms with Crippen molar-refractivity contribution in [2.24, 2.45) is 13.0 Å². The number of aryl methyl sites for hydroxylation is 2. The number of imidazole rings is 1. The summed E-state index contributed by atoms with van der Waals surface area (Å²) in [4.78, 5) is 29.9. The summed E-state index contributed by atoms with van der Waals surface area (Å²) < 4.78 is 1.72. The van der Waals surface area contributed by atoms with Gasteiger partial charge >= 0.3 is 0 Å². The van der Waals surface area contributed by atoms with Crippen molar-refractivity contribution < 1.29 is 9.59 Å². The Kier molecular flexibility index (Phi) is 5.64. The summed E-state index contributed by atoms with van der Waals surface area (Å²) in [6.45, 7) is 5.68. The molecule has 0 fully saturated rings. The third kappa shape index (κ3) is 4.27. The number of amides is 2. The van der Waals surface area contributed by atoms with Crippen LogP contribution in [0, 0.1) is 24.2 Å². The molecule has 0 saturated heterocycles. The highest BCUT2D eigenvalue weighted by Gasteiger charge is 2.26. The van der Waals surface area contributed by atoms with Crippen LogP contribution in [0.2, 0.25) is 0 Å². The number of anilines is 1. The first kappa shape index (κ1) is 20.1. The van der Waals surface area contributed by atoms with E-state index in [4.69, 9.17) is 5.26 Å². The lowest BCUT2D eigenvalue weighted by Gasteiger charge is -2.21. The molecule has 0 radical (unpaired) electrons. The third-order valence-electron chi connectivity index (χ3n) is 4.79. The summed E-state index contributed by atoms with van der Waals surface area (Å²) in [5.74, 6) is -0.415. The average molecular weight is 389 g/mol. The molecule has 2 amide bonds. The van der Waals surface area contributed by atoms with Crippen molar-refractivity contribution in [3.05, 3.63) is 59.2 Å². The summed E-state index contributed by atoms with van der Waals surface area (Å²) in [5, 5.41) is 14.7. The summed E-state index contributed by atoms with van der Waals surface area (Å²) >= 11 is 0. The fraction of sp³-hybridized carbons (Fsp3) is 0.273. The van der Waals surface area contributed by atoms with Crippen LogP contribution in [-0.2, 0) is 11.8 Å². The summed E-state index contributed by atoms with van der Waals surface area (Å²) in [6, 6.07) is 13.7. The molecule has 2 N–H and O–H groups in total. The molecule has 1 heterocycles. The zero-order valence-corrected chi connectivity index (χ0v) is 16.9. The molecule has 1 atom stereocenters. The number of nitriles is 1. The second-order valence-corrected chi connectivity index (χ2v) is 7.36. The van der Waals surface area contributed by atoms with E-state index in [9.17, 15) is 9.59 Å². The van der Waals surface area contributed by atoms with Gasteiger partial charge in [-0.3, -0.25) is 14.9 Å². The molecule has 0 aliphatic heterocycles. The van der Waals surface area contributed by atoms with Gasteiger partial charge in [0.05, 0.1) is 22.7 Å². The van der Waals surface area contributed by atoms with Crippen molar-refractivity contribution in [3.63, 3.8) is 0 Å². The number of nitrogens with one attached hydrogen (secondary N) is 2. The molecular weight excluding hydrogens is 366 g/mol. The maximum Gasteiger partial charge on any atom is 0.251 e. The van der Waals surface area contributed by atoms with E-state index in [1.54, 1.807) is 41.9 Å². The first-order chi connectivity index (χ1) is 13.8. The Morgan fingerprint density at radius 1 is 1.14 bits per heavy atom. The van der Waals surface area contributed by atoms with Gasteiger partial charge in [0.2, 0.25) is 11.9 Å².